The number of nitrogens with zero attached hydrogens (tertiary/aromatic N) is 1. The Labute approximate surface area is 206 Å². The maximum Gasteiger partial charge on any atom is 0.407 e. The highest BCUT2D eigenvalue weighted by molar-refractivity contribution is 5.82. The molecule has 1 saturated heterocycles. The topological polar surface area (TPSA) is 95.9 Å². The number of rotatable bonds is 7. The highest BCUT2D eigenvalue weighted by Gasteiger charge is 2.48. The van der Waals surface area contributed by atoms with Crippen molar-refractivity contribution in [3.63, 3.8) is 0 Å². The van der Waals surface area contributed by atoms with Crippen LogP contribution in [0.25, 0.3) is 11.1 Å². The van der Waals surface area contributed by atoms with Crippen LogP contribution in [-0.4, -0.2) is 53.7 Å². The van der Waals surface area contributed by atoms with Crippen LogP contribution in [-0.2, 0) is 14.3 Å². The molecule has 35 heavy (non-hydrogen) atoms. The number of carbonyl (C=O) groups is 3. The highest BCUT2D eigenvalue weighted by Crippen LogP contribution is 2.44. The Bertz CT molecular complexity index is 1080. The number of aliphatic carboxylic acids is 1. The number of carbonyl (C=O) groups excluding carboxylic acids is 2. The summed E-state index contributed by atoms with van der Waals surface area (Å²) in [6.07, 6.45) is -0.451. The van der Waals surface area contributed by atoms with Gasteiger partial charge in [0.1, 0.15) is 6.61 Å². The minimum Gasteiger partial charge on any atom is -0.481 e. The van der Waals surface area contributed by atoms with Gasteiger partial charge in [-0.05, 0) is 41.0 Å². The number of alkyl carbamates (subject to hydrolysis) is 1. The van der Waals surface area contributed by atoms with Gasteiger partial charge in [0.15, 0.2) is 0 Å². The molecule has 0 unspecified atom stereocenters. The number of hydrogen-bond donors (Lipinski definition) is 2. The Hall–Kier alpha value is -3.35. The molecule has 1 aliphatic carbocycles. The first-order chi connectivity index (χ1) is 16.6. The van der Waals surface area contributed by atoms with Crippen molar-refractivity contribution in [3.05, 3.63) is 59.7 Å². The number of amides is 2. The van der Waals surface area contributed by atoms with Crippen LogP contribution in [0.3, 0.4) is 0 Å². The minimum atomic E-state index is -0.955. The summed E-state index contributed by atoms with van der Waals surface area (Å²) in [6.45, 7) is 8.21. The summed E-state index contributed by atoms with van der Waals surface area (Å²) in [5.74, 6) is -1.22. The Balaban J connectivity index is 1.37. The third-order valence-corrected chi connectivity index (χ3v) is 7.79. The molecule has 2 aliphatic rings. The Morgan fingerprint density at radius 1 is 1.09 bits per heavy atom. The molecule has 0 radical (unpaired) electrons. The molecule has 7 nitrogen and oxygen atoms in total. The van der Waals surface area contributed by atoms with Gasteiger partial charge >= 0.3 is 12.1 Å². The summed E-state index contributed by atoms with van der Waals surface area (Å²) in [6, 6.07) is 15.9. The van der Waals surface area contributed by atoms with Gasteiger partial charge in [0.25, 0.3) is 0 Å². The van der Waals surface area contributed by atoms with Crippen LogP contribution in [0.5, 0.6) is 0 Å². The van der Waals surface area contributed by atoms with Crippen molar-refractivity contribution < 1.29 is 24.2 Å². The Morgan fingerprint density at radius 2 is 1.66 bits per heavy atom. The molecule has 3 atom stereocenters. The van der Waals surface area contributed by atoms with E-state index in [1.165, 1.54) is 0 Å². The molecule has 4 rings (SSSR count). The van der Waals surface area contributed by atoms with Crippen molar-refractivity contribution >= 4 is 18.0 Å². The second kappa shape index (κ2) is 9.72. The van der Waals surface area contributed by atoms with Crippen molar-refractivity contribution in [2.24, 2.45) is 17.3 Å². The first-order valence-electron chi connectivity index (χ1n) is 12.2. The summed E-state index contributed by atoms with van der Waals surface area (Å²) in [4.78, 5) is 39.0. The number of carboxylic acid groups (broad SMARTS) is 1. The normalized spacial score (nSPS) is 22.0. The largest absolute Gasteiger partial charge is 0.481 e. The van der Waals surface area contributed by atoms with Gasteiger partial charge in [0.05, 0.1) is 5.41 Å². The molecule has 7 heteroatoms. The highest BCUT2D eigenvalue weighted by atomic mass is 16.5. The number of nitrogens with one attached hydrogen (secondary N) is 1. The Morgan fingerprint density at radius 3 is 2.17 bits per heavy atom. The fraction of sp³-hybridized carbons (Fsp3) is 0.464. The lowest BCUT2D eigenvalue weighted by molar-refractivity contribution is -0.149. The van der Waals surface area contributed by atoms with Crippen LogP contribution in [0.15, 0.2) is 48.5 Å². The quantitative estimate of drug-likeness (QED) is 0.611. The van der Waals surface area contributed by atoms with Crippen LogP contribution < -0.4 is 5.32 Å². The molecule has 1 heterocycles. The lowest BCUT2D eigenvalue weighted by atomic mass is 9.81. The number of likely N-dealkylation sites (tertiary alicyclic amines) is 1. The van der Waals surface area contributed by atoms with Crippen LogP contribution in [0.2, 0.25) is 0 Å². The average Bonchev–Trinajstić information content (AvgIpc) is 3.32. The molecule has 2 N–H and O–H groups in total. The van der Waals surface area contributed by atoms with E-state index >= 15 is 0 Å². The second-order valence-electron chi connectivity index (χ2n) is 10.4. The van der Waals surface area contributed by atoms with Crippen molar-refractivity contribution in [2.45, 2.75) is 46.1 Å². The second-order valence-corrected chi connectivity index (χ2v) is 10.4. The summed E-state index contributed by atoms with van der Waals surface area (Å²) in [7, 11) is 0. The number of hydrogen-bond acceptors (Lipinski definition) is 4. The molecule has 2 aromatic rings. The zero-order valence-corrected chi connectivity index (χ0v) is 20.8. The maximum absolute atomic E-state index is 13.0. The number of benzene rings is 2. The molecule has 0 bridgehead atoms. The molecule has 186 valence electrons. The average molecular weight is 479 g/mol. The summed E-state index contributed by atoms with van der Waals surface area (Å²) in [5, 5.41) is 12.5. The van der Waals surface area contributed by atoms with E-state index in [-0.39, 0.29) is 43.2 Å². The van der Waals surface area contributed by atoms with E-state index in [2.05, 4.69) is 29.6 Å². The van der Waals surface area contributed by atoms with Crippen molar-refractivity contribution in [2.75, 3.05) is 19.7 Å². The molecule has 2 amide bonds. The van der Waals surface area contributed by atoms with Gasteiger partial charge in [-0.15, -0.1) is 0 Å². The standard InChI is InChI=1S/C28H34N2O5/c1-17(2)24(13-25(31)30-14-18(3)28(4,16-30)26(32)33)29-27(34)35-15-23-21-11-7-5-9-19(21)20-10-6-8-12-22(20)23/h5-12,17-18,23-24H,13-16H2,1-4H3,(H,29,34)(H,32,33)/t18-,24-,28-/m0/s1. The number of carboxylic acids is 1. The van der Waals surface area contributed by atoms with E-state index in [1.807, 2.05) is 45.0 Å². The van der Waals surface area contributed by atoms with Gasteiger partial charge in [-0.25, -0.2) is 4.79 Å². The van der Waals surface area contributed by atoms with Crippen molar-refractivity contribution in [1.29, 1.82) is 0 Å². The summed E-state index contributed by atoms with van der Waals surface area (Å²) >= 11 is 0. The van der Waals surface area contributed by atoms with E-state index in [4.69, 9.17) is 4.74 Å². The molecule has 0 aromatic heterocycles. The smallest absolute Gasteiger partial charge is 0.407 e. The van der Waals surface area contributed by atoms with Crippen LogP contribution >= 0.6 is 0 Å². The van der Waals surface area contributed by atoms with E-state index < -0.39 is 23.5 Å². The minimum absolute atomic E-state index is 0.00492. The zero-order chi connectivity index (χ0) is 25.3. The third kappa shape index (κ3) is 4.77. The molecule has 1 fully saturated rings. The molecular weight excluding hydrogens is 444 g/mol. The monoisotopic (exact) mass is 478 g/mol. The van der Waals surface area contributed by atoms with Gasteiger partial charge in [-0.3, -0.25) is 9.59 Å². The summed E-state index contributed by atoms with van der Waals surface area (Å²) < 4.78 is 5.66. The lowest BCUT2D eigenvalue weighted by Gasteiger charge is -2.26. The summed E-state index contributed by atoms with van der Waals surface area (Å²) in [5.41, 5.74) is 3.65. The fourth-order valence-corrected chi connectivity index (χ4v) is 5.18. The van der Waals surface area contributed by atoms with Gasteiger partial charge in [-0.1, -0.05) is 69.3 Å². The first-order valence-corrected chi connectivity index (χ1v) is 12.2. The number of fused-ring (bicyclic) bond motifs is 3. The van der Waals surface area contributed by atoms with Crippen molar-refractivity contribution in [3.8, 4) is 11.1 Å². The van der Waals surface area contributed by atoms with Crippen LogP contribution in [0, 0.1) is 17.3 Å². The van der Waals surface area contributed by atoms with Gasteiger partial charge in [-0.2, -0.15) is 0 Å². The van der Waals surface area contributed by atoms with Gasteiger partial charge in [0, 0.05) is 31.5 Å². The van der Waals surface area contributed by atoms with Gasteiger partial charge in [0.2, 0.25) is 5.91 Å². The van der Waals surface area contributed by atoms with Crippen LogP contribution in [0.4, 0.5) is 4.79 Å². The van der Waals surface area contributed by atoms with E-state index in [0.29, 0.717) is 6.54 Å². The zero-order valence-electron chi connectivity index (χ0n) is 20.8. The fourth-order valence-electron chi connectivity index (χ4n) is 5.18. The molecular formula is C28H34N2O5. The van der Waals surface area contributed by atoms with E-state index in [1.54, 1.807) is 11.8 Å². The molecule has 2 aromatic carbocycles. The third-order valence-electron chi connectivity index (χ3n) is 7.79. The van der Waals surface area contributed by atoms with Crippen molar-refractivity contribution in [1.82, 2.24) is 10.2 Å². The maximum atomic E-state index is 13.0. The first kappa shape index (κ1) is 24.8. The van der Waals surface area contributed by atoms with Gasteiger partial charge < -0.3 is 20.1 Å². The molecule has 0 spiro atoms. The SMILES string of the molecule is CC(C)[C@H](CC(=O)N1C[C@H](C)[C@@](C)(C(=O)O)C1)NC(=O)OCC1c2ccccc2-c2ccccc21. The lowest BCUT2D eigenvalue weighted by Crippen LogP contribution is -2.44. The Kier molecular flexibility index (Phi) is 6.88. The number of ether oxygens (including phenoxy) is 1. The van der Waals surface area contributed by atoms with Crippen LogP contribution in [0.1, 0.15) is 51.2 Å². The molecule has 1 aliphatic heterocycles. The van der Waals surface area contributed by atoms with E-state index in [0.717, 1.165) is 22.3 Å². The molecule has 0 saturated carbocycles. The predicted octanol–water partition coefficient (Wildman–Crippen LogP) is 4.51. The predicted molar refractivity (Wildman–Crippen MR) is 133 cm³/mol. The van der Waals surface area contributed by atoms with E-state index in [9.17, 15) is 19.5 Å².